The van der Waals surface area contributed by atoms with Gasteiger partial charge in [-0.25, -0.2) is 21.0 Å². The predicted molar refractivity (Wildman–Crippen MR) is 117 cm³/mol. The SMILES string of the molecule is NN/N=C(\N)CCC1C(O)(O)CC2CN(C(=O)OCc3ccccc3)C(C(=O)O)CC2C1(O)O. The van der Waals surface area contributed by atoms with Crippen molar-refractivity contribution in [2.45, 2.75) is 49.9 Å². The van der Waals surface area contributed by atoms with E-state index in [1.807, 2.05) is 5.53 Å². The molecule has 0 radical (unpaired) electrons. The number of aliphatic hydroxyl groups is 4. The molecule has 1 saturated heterocycles. The van der Waals surface area contributed by atoms with Crippen molar-refractivity contribution in [3.63, 3.8) is 0 Å². The van der Waals surface area contributed by atoms with Crippen molar-refractivity contribution in [3.05, 3.63) is 35.9 Å². The Hall–Kier alpha value is -2.97. The molecule has 1 aromatic rings. The van der Waals surface area contributed by atoms with Crippen molar-refractivity contribution in [2.75, 3.05) is 6.54 Å². The zero-order valence-corrected chi connectivity index (χ0v) is 18.4. The van der Waals surface area contributed by atoms with Crippen LogP contribution >= 0.6 is 0 Å². The quantitative estimate of drug-likeness (QED) is 0.0744. The van der Waals surface area contributed by atoms with Gasteiger partial charge in [0, 0.05) is 25.3 Å². The molecule has 1 aliphatic carbocycles. The number of fused-ring (bicyclic) bond motifs is 1. The number of rotatable bonds is 7. The highest BCUT2D eigenvalue weighted by molar-refractivity contribution is 5.80. The maximum absolute atomic E-state index is 12.7. The Morgan fingerprint density at radius 1 is 1.21 bits per heavy atom. The summed E-state index contributed by atoms with van der Waals surface area (Å²) >= 11 is 0. The molecule has 2 aliphatic rings. The number of nitrogens with two attached hydrogens (primary N) is 2. The minimum Gasteiger partial charge on any atom is -0.480 e. The van der Waals surface area contributed by atoms with Crippen LogP contribution in [0, 0.1) is 17.8 Å². The zero-order chi connectivity index (χ0) is 25.1. The number of hydrazone groups is 1. The number of hydrogen-bond donors (Lipinski definition) is 8. The fourth-order valence-electron chi connectivity index (χ4n) is 5.03. The summed E-state index contributed by atoms with van der Waals surface area (Å²) in [6.07, 6.45) is -1.71. The smallest absolute Gasteiger partial charge is 0.410 e. The highest BCUT2D eigenvalue weighted by Crippen LogP contribution is 2.51. The molecule has 34 heavy (non-hydrogen) atoms. The monoisotopic (exact) mass is 481 g/mol. The number of nitrogens with zero attached hydrogens (tertiary/aromatic N) is 2. The second-order valence-corrected chi connectivity index (χ2v) is 8.84. The van der Waals surface area contributed by atoms with Crippen molar-refractivity contribution in [3.8, 4) is 0 Å². The van der Waals surface area contributed by atoms with Crippen LogP contribution in [0.2, 0.25) is 0 Å². The minimum absolute atomic E-state index is 0.00983. The Bertz CT molecular complexity index is 910. The van der Waals surface area contributed by atoms with Gasteiger partial charge in [0.25, 0.3) is 0 Å². The molecule has 10 N–H and O–H groups in total. The molecule has 13 heteroatoms. The number of aliphatic carboxylic acids is 1. The number of carbonyl (C=O) groups is 2. The Labute approximate surface area is 195 Å². The number of likely N-dealkylation sites (tertiary alicyclic amines) is 1. The zero-order valence-electron chi connectivity index (χ0n) is 18.4. The number of piperidine rings is 1. The summed E-state index contributed by atoms with van der Waals surface area (Å²) in [7, 11) is 0. The largest absolute Gasteiger partial charge is 0.480 e. The summed E-state index contributed by atoms with van der Waals surface area (Å²) < 4.78 is 5.27. The predicted octanol–water partition coefficient (Wildman–Crippen LogP) is -1.39. The van der Waals surface area contributed by atoms with Crippen LogP contribution in [0.1, 0.15) is 31.2 Å². The van der Waals surface area contributed by atoms with Crippen molar-refractivity contribution >= 4 is 17.9 Å². The topological polar surface area (TPSA) is 224 Å². The first kappa shape index (κ1) is 25.6. The van der Waals surface area contributed by atoms with Gasteiger partial charge >= 0.3 is 12.1 Å². The van der Waals surface area contributed by atoms with Gasteiger partial charge in [-0.1, -0.05) is 30.3 Å². The van der Waals surface area contributed by atoms with Gasteiger partial charge in [0.1, 0.15) is 18.5 Å². The molecule has 13 nitrogen and oxygen atoms in total. The third-order valence-corrected chi connectivity index (χ3v) is 6.65. The van der Waals surface area contributed by atoms with Gasteiger partial charge in [-0.15, -0.1) is 0 Å². The summed E-state index contributed by atoms with van der Waals surface area (Å²) in [6.45, 7) is -0.332. The van der Waals surface area contributed by atoms with E-state index in [0.29, 0.717) is 5.56 Å². The van der Waals surface area contributed by atoms with E-state index in [1.165, 1.54) is 0 Å². The molecular formula is C21H31N5O8. The Balaban J connectivity index is 1.78. The molecule has 1 saturated carbocycles. The van der Waals surface area contributed by atoms with E-state index in [0.717, 1.165) is 4.90 Å². The fraction of sp³-hybridized carbons (Fsp3) is 0.571. The lowest BCUT2D eigenvalue weighted by Crippen LogP contribution is -2.68. The number of carbonyl (C=O) groups excluding carboxylic acids is 1. The van der Waals surface area contributed by atoms with Crippen LogP contribution in [-0.4, -0.2) is 72.5 Å². The van der Waals surface area contributed by atoms with Gasteiger partial charge < -0.3 is 36.0 Å². The molecule has 4 atom stereocenters. The second-order valence-electron chi connectivity index (χ2n) is 8.84. The van der Waals surface area contributed by atoms with E-state index in [9.17, 15) is 35.1 Å². The van der Waals surface area contributed by atoms with Crippen LogP contribution in [0.5, 0.6) is 0 Å². The van der Waals surface area contributed by atoms with Crippen molar-refractivity contribution in [1.29, 1.82) is 0 Å². The molecule has 4 unspecified atom stereocenters. The first-order valence-electron chi connectivity index (χ1n) is 10.8. The van der Waals surface area contributed by atoms with Crippen molar-refractivity contribution in [1.82, 2.24) is 10.4 Å². The molecule has 1 aromatic carbocycles. The highest BCUT2D eigenvalue weighted by atomic mass is 16.6. The van der Waals surface area contributed by atoms with E-state index < -0.39 is 47.4 Å². The average Bonchev–Trinajstić information content (AvgIpc) is 2.76. The van der Waals surface area contributed by atoms with Crippen molar-refractivity contribution in [2.24, 2.45) is 34.4 Å². The number of carboxylic acid groups (broad SMARTS) is 1. The van der Waals surface area contributed by atoms with Crippen molar-refractivity contribution < 1.29 is 39.9 Å². The molecule has 0 bridgehead atoms. The third-order valence-electron chi connectivity index (χ3n) is 6.65. The number of hydrogen-bond acceptors (Lipinski definition) is 10. The van der Waals surface area contributed by atoms with Gasteiger partial charge in [0.2, 0.25) is 0 Å². The molecule has 1 amide bonds. The van der Waals surface area contributed by atoms with Crippen LogP contribution in [0.4, 0.5) is 4.79 Å². The molecule has 0 spiro atoms. The summed E-state index contributed by atoms with van der Waals surface area (Å²) in [5.41, 5.74) is 8.34. The first-order chi connectivity index (χ1) is 16.0. The Kier molecular flexibility index (Phi) is 7.63. The Morgan fingerprint density at radius 3 is 2.50 bits per heavy atom. The van der Waals surface area contributed by atoms with Crippen LogP contribution in [0.3, 0.4) is 0 Å². The summed E-state index contributed by atoms with van der Waals surface area (Å²) in [4.78, 5) is 25.7. The summed E-state index contributed by atoms with van der Waals surface area (Å²) in [6, 6.07) is 7.44. The van der Waals surface area contributed by atoms with Crippen LogP contribution in [-0.2, 0) is 16.1 Å². The van der Waals surface area contributed by atoms with Gasteiger partial charge in [-0.3, -0.25) is 4.90 Å². The van der Waals surface area contributed by atoms with E-state index >= 15 is 0 Å². The third kappa shape index (κ3) is 5.39. The van der Waals surface area contributed by atoms with Gasteiger partial charge in [0.15, 0.2) is 11.6 Å². The standard InChI is InChI=1S/C21H31N5O8/c22-17(24-25-23)7-6-16-20(30,31)9-13-10-26(15(18(27)28)8-14(13)21(16,32)33)19(29)34-11-12-4-2-1-3-5-12/h1-5,13-16,25,30-33H,6-11,23H2,(H2,22,24)(H,27,28). The maximum Gasteiger partial charge on any atom is 0.410 e. The Morgan fingerprint density at radius 2 is 1.88 bits per heavy atom. The molecule has 3 rings (SSSR count). The van der Waals surface area contributed by atoms with Crippen LogP contribution < -0.4 is 17.1 Å². The van der Waals surface area contributed by atoms with E-state index in [-0.39, 0.29) is 44.7 Å². The molecule has 1 aliphatic heterocycles. The number of nitrogens with one attached hydrogen (secondary N) is 1. The summed E-state index contributed by atoms with van der Waals surface area (Å²) in [5, 5.41) is 56.6. The number of hydrazine groups is 1. The van der Waals surface area contributed by atoms with Gasteiger partial charge in [-0.05, 0) is 24.3 Å². The molecular weight excluding hydrogens is 450 g/mol. The fourth-order valence-corrected chi connectivity index (χ4v) is 5.03. The van der Waals surface area contributed by atoms with Crippen LogP contribution in [0.25, 0.3) is 0 Å². The number of carboxylic acids is 1. The highest BCUT2D eigenvalue weighted by Gasteiger charge is 2.62. The number of ether oxygens (including phenoxy) is 1. The van der Waals surface area contributed by atoms with Gasteiger partial charge in [-0.2, -0.15) is 5.10 Å². The molecule has 0 aromatic heterocycles. The number of benzene rings is 1. The lowest BCUT2D eigenvalue weighted by molar-refractivity contribution is -0.363. The normalized spacial score (nSPS) is 28.0. The lowest BCUT2D eigenvalue weighted by Gasteiger charge is -2.55. The number of amides is 1. The lowest BCUT2D eigenvalue weighted by atomic mass is 9.61. The molecule has 1 heterocycles. The second kappa shape index (κ2) is 10.1. The van der Waals surface area contributed by atoms with Crippen LogP contribution in [0.15, 0.2) is 35.4 Å². The van der Waals surface area contributed by atoms with Gasteiger partial charge in [0.05, 0.1) is 5.92 Å². The summed E-state index contributed by atoms with van der Waals surface area (Å²) in [5.74, 6) is -4.76. The first-order valence-corrected chi connectivity index (χ1v) is 10.8. The van der Waals surface area contributed by atoms with E-state index in [4.69, 9.17) is 16.3 Å². The molecule has 2 fully saturated rings. The van der Waals surface area contributed by atoms with E-state index in [2.05, 4.69) is 5.10 Å². The maximum atomic E-state index is 12.7. The average molecular weight is 482 g/mol. The van der Waals surface area contributed by atoms with E-state index in [1.54, 1.807) is 30.3 Å². The minimum atomic E-state index is -2.64. The molecule has 188 valence electrons. The number of amidine groups is 1.